The van der Waals surface area contributed by atoms with Crippen LogP contribution in [0.2, 0.25) is 0 Å². The van der Waals surface area contributed by atoms with Gasteiger partial charge in [-0.05, 0) is 37.5 Å². The zero-order valence-electron chi connectivity index (χ0n) is 15.1. The first-order valence-electron chi connectivity index (χ1n) is 9.38. The number of rotatable bonds is 14. The minimum absolute atomic E-state index is 0.218. The van der Waals surface area contributed by atoms with E-state index in [1.54, 1.807) is 6.07 Å². The van der Waals surface area contributed by atoms with E-state index in [-0.39, 0.29) is 5.82 Å². The third-order valence-corrected chi connectivity index (χ3v) is 4.35. The van der Waals surface area contributed by atoms with Gasteiger partial charge in [-0.25, -0.2) is 4.39 Å². The van der Waals surface area contributed by atoms with Gasteiger partial charge in [-0.2, -0.15) is 0 Å². The fraction of sp³-hybridized carbons (Fsp3) is 0.619. The van der Waals surface area contributed by atoms with Crippen LogP contribution in [0.15, 0.2) is 24.3 Å². The minimum atomic E-state index is -0.218. The van der Waals surface area contributed by atoms with Crippen LogP contribution < -0.4 is 0 Å². The molecule has 0 aliphatic heterocycles. The number of hydrogen-bond donors (Lipinski definition) is 0. The number of halogens is 2. The first-order chi connectivity index (χ1) is 12.3. The molecule has 0 aliphatic rings. The first kappa shape index (κ1) is 22.4. The molecule has 0 spiro atoms. The van der Waals surface area contributed by atoms with Gasteiger partial charge in [-0.3, -0.25) is 0 Å². The van der Waals surface area contributed by atoms with Crippen molar-refractivity contribution in [1.82, 2.24) is 0 Å². The Balaban J connectivity index is 1.82. The molecule has 0 saturated heterocycles. The molecule has 0 fully saturated rings. The summed E-state index contributed by atoms with van der Waals surface area (Å²) in [6, 6.07) is 6.48. The highest BCUT2D eigenvalue weighted by atomic mass is 127. The maximum absolute atomic E-state index is 13.0. The topological polar surface area (TPSA) is 18.5 Å². The van der Waals surface area contributed by atoms with Crippen LogP contribution in [0.4, 0.5) is 4.39 Å². The first-order valence-corrected chi connectivity index (χ1v) is 10.3. The van der Waals surface area contributed by atoms with Crippen LogP contribution in [0, 0.1) is 17.7 Å². The molecular formula is C21H30FIO2. The lowest BCUT2D eigenvalue weighted by Crippen LogP contribution is -1.99. The van der Waals surface area contributed by atoms with Gasteiger partial charge in [-0.15, -0.1) is 0 Å². The van der Waals surface area contributed by atoms with Crippen molar-refractivity contribution in [3.8, 4) is 11.8 Å². The Kier molecular flexibility index (Phi) is 15.1. The molecule has 0 atom stereocenters. The van der Waals surface area contributed by atoms with Crippen LogP contribution in [0.25, 0.3) is 0 Å². The highest BCUT2D eigenvalue weighted by Gasteiger charge is 1.94. The van der Waals surface area contributed by atoms with E-state index in [9.17, 15) is 4.39 Å². The Morgan fingerprint density at radius 2 is 1.52 bits per heavy atom. The quantitative estimate of drug-likeness (QED) is 0.180. The van der Waals surface area contributed by atoms with Gasteiger partial charge < -0.3 is 7.80 Å². The summed E-state index contributed by atoms with van der Waals surface area (Å²) in [5.41, 5.74) is 0.766. The van der Waals surface area contributed by atoms with Gasteiger partial charge in [0, 0.05) is 25.2 Å². The van der Waals surface area contributed by atoms with E-state index in [4.69, 9.17) is 7.80 Å². The third-order valence-electron chi connectivity index (χ3n) is 3.91. The molecule has 0 bridgehead atoms. The summed E-state index contributed by atoms with van der Waals surface area (Å²) < 4.78 is 23.5. The molecule has 0 saturated carbocycles. The van der Waals surface area contributed by atoms with Gasteiger partial charge in [0.15, 0.2) is 0 Å². The van der Waals surface area contributed by atoms with E-state index in [0.717, 1.165) is 44.6 Å². The lowest BCUT2D eigenvalue weighted by molar-refractivity contribution is 0.120. The van der Waals surface area contributed by atoms with Crippen molar-refractivity contribution in [3.63, 3.8) is 0 Å². The van der Waals surface area contributed by atoms with Gasteiger partial charge in [0.25, 0.3) is 0 Å². The smallest absolute Gasteiger partial charge is 0.124 e. The summed E-state index contributed by atoms with van der Waals surface area (Å²) >= 11 is 1.92. The van der Waals surface area contributed by atoms with E-state index >= 15 is 0 Å². The monoisotopic (exact) mass is 460 g/mol. The molecule has 2 nitrogen and oxygen atoms in total. The van der Waals surface area contributed by atoms with Gasteiger partial charge in [0.05, 0.1) is 6.61 Å². The predicted molar refractivity (Wildman–Crippen MR) is 110 cm³/mol. The molecule has 0 aromatic heterocycles. The van der Waals surface area contributed by atoms with E-state index in [2.05, 4.69) is 11.8 Å². The maximum Gasteiger partial charge on any atom is 0.124 e. The lowest BCUT2D eigenvalue weighted by atomic mass is 10.1. The lowest BCUT2D eigenvalue weighted by Gasteiger charge is -2.04. The zero-order valence-corrected chi connectivity index (χ0v) is 17.2. The van der Waals surface area contributed by atoms with E-state index < -0.39 is 0 Å². The number of unbranched alkanes of at least 4 members (excludes halogenated alkanes) is 8. The molecule has 140 valence electrons. The summed E-state index contributed by atoms with van der Waals surface area (Å²) in [7, 11) is 0. The molecule has 0 unspecified atom stereocenters. The average molecular weight is 460 g/mol. The molecule has 25 heavy (non-hydrogen) atoms. The summed E-state index contributed by atoms with van der Waals surface area (Å²) in [5.74, 6) is 5.94. The Bertz CT molecular complexity index is 496. The Hall–Kier alpha value is -0.640. The van der Waals surface area contributed by atoms with Crippen molar-refractivity contribution < 1.29 is 12.2 Å². The highest BCUT2D eigenvalue weighted by molar-refractivity contribution is 14.1. The van der Waals surface area contributed by atoms with Gasteiger partial charge in [0.2, 0.25) is 0 Å². The summed E-state index contributed by atoms with van der Waals surface area (Å²) in [4.78, 5) is 0. The van der Waals surface area contributed by atoms with Crippen LogP contribution in [0.3, 0.4) is 0 Å². The van der Waals surface area contributed by atoms with Crippen LogP contribution in [0.1, 0.15) is 69.8 Å². The van der Waals surface area contributed by atoms with E-state index in [1.807, 2.05) is 29.1 Å². The molecule has 0 aliphatic carbocycles. The molecule has 0 heterocycles. The SMILES string of the molecule is Fc1cccc(C#CCCCCCCCCCCOCCCOI)c1. The molecule has 4 heteroatoms. The molecule has 1 aromatic rings. The van der Waals surface area contributed by atoms with Crippen LogP contribution in [-0.4, -0.2) is 19.8 Å². The molecule has 1 aromatic carbocycles. The van der Waals surface area contributed by atoms with Crippen molar-refractivity contribution in [2.45, 2.75) is 64.2 Å². The largest absolute Gasteiger partial charge is 0.381 e. The van der Waals surface area contributed by atoms with Crippen molar-refractivity contribution in [3.05, 3.63) is 35.6 Å². The number of benzene rings is 1. The second-order valence-electron chi connectivity index (χ2n) is 6.17. The molecule has 0 amide bonds. The molecule has 0 radical (unpaired) electrons. The second kappa shape index (κ2) is 16.8. The van der Waals surface area contributed by atoms with Crippen LogP contribution >= 0.6 is 23.0 Å². The van der Waals surface area contributed by atoms with Gasteiger partial charge in [0.1, 0.15) is 28.8 Å². The Labute approximate surface area is 166 Å². The molecule has 1 rings (SSSR count). The summed E-state index contributed by atoms with van der Waals surface area (Å²) in [6.45, 7) is 2.47. The van der Waals surface area contributed by atoms with Crippen LogP contribution in [-0.2, 0) is 7.80 Å². The zero-order chi connectivity index (χ0) is 18.0. The number of ether oxygens (including phenoxy) is 1. The third kappa shape index (κ3) is 14.2. The standard InChI is InChI=1S/C21H30FIO2/c22-21-15-11-14-20(19-21)13-9-7-5-3-1-2-4-6-8-10-16-24-17-12-18-25-23/h11,14-15,19H,1-8,10,12,16-18H2. The normalized spacial score (nSPS) is 10.5. The Morgan fingerprint density at radius 3 is 2.24 bits per heavy atom. The van der Waals surface area contributed by atoms with Crippen LogP contribution in [0.5, 0.6) is 0 Å². The molecule has 0 N–H and O–H groups in total. The maximum atomic E-state index is 13.0. The van der Waals surface area contributed by atoms with Gasteiger partial charge in [-0.1, -0.05) is 56.4 Å². The van der Waals surface area contributed by atoms with E-state index in [0.29, 0.717) is 0 Å². The minimum Gasteiger partial charge on any atom is -0.381 e. The average Bonchev–Trinajstić information content (AvgIpc) is 2.61. The molecular weight excluding hydrogens is 430 g/mol. The highest BCUT2D eigenvalue weighted by Crippen LogP contribution is 2.10. The van der Waals surface area contributed by atoms with Crippen molar-refractivity contribution >= 4 is 23.0 Å². The van der Waals surface area contributed by atoms with E-state index in [1.165, 1.54) is 57.1 Å². The van der Waals surface area contributed by atoms with Crippen molar-refractivity contribution in [1.29, 1.82) is 0 Å². The fourth-order valence-corrected chi connectivity index (χ4v) is 2.84. The van der Waals surface area contributed by atoms with Gasteiger partial charge >= 0.3 is 0 Å². The van der Waals surface area contributed by atoms with Crippen molar-refractivity contribution in [2.24, 2.45) is 0 Å². The predicted octanol–water partition coefficient (Wildman–Crippen LogP) is 6.46. The Morgan fingerprint density at radius 1 is 0.840 bits per heavy atom. The summed E-state index contributed by atoms with van der Waals surface area (Å²) in [5, 5.41) is 0. The summed E-state index contributed by atoms with van der Waals surface area (Å²) in [6.07, 6.45) is 11.9. The number of hydrogen-bond acceptors (Lipinski definition) is 2. The fourth-order valence-electron chi connectivity index (χ4n) is 2.53. The van der Waals surface area contributed by atoms with Crippen molar-refractivity contribution in [2.75, 3.05) is 19.8 Å². The second-order valence-corrected chi connectivity index (χ2v) is 6.79.